The van der Waals surface area contributed by atoms with E-state index in [0.717, 1.165) is 35.1 Å². The summed E-state index contributed by atoms with van der Waals surface area (Å²) < 4.78 is 2.21. The number of piperazine rings is 1. The lowest BCUT2D eigenvalue weighted by atomic mass is 10.1. The third-order valence-corrected chi connectivity index (χ3v) is 6.34. The molecule has 0 N–H and O–H groups in total. The maximum absolute atomic E-state index is 4.05. The number of nitrogens with zero attached hydrogens (tertiary/aromatic N) is 2. The van der Waals surface area contributed by atoms with Crippen LogP contribution in [-0.4, -0.2) is 61.3 Å². The lowest BCUT2D eigenvalue weighted by Crippen LogP contribution is -2.67. The average molecular weight is 401 g/mol. The second-order valence-corrected chi connectivity index (χ2v) is 8.51. The van der Waals surface area contributed by atoms with Crippen LogP contribution in [0, 0.1) is 0 Å². The Hall–Kier alpha value is -2.68. The highest BCUT2D eigenvalue weighted by Crippen LogP contribution is 2.21. The van der Waals surface area contributed by atoms with Gasteiger partial charge >= 0.3 is 0 Å². The van der Waals surface area contributed by atoms with Gasteiger partial charge in [0.2, 0.25) is 0 Å². The smallest absolute Gasteiger partial charge is 0.129 e. The van der Waals surface area contributed by atoms with Gasteiger partial charge in [-0.3, -0.25) is 0 Å². The molecule has 1 aliphatic heterocycles. The molecule has 0 radical (unpaired) electrons. The molecule has 2 heteroatoms. The van der Waals surface area contributed by atoms with Crippen molar-refractivity contribution < 1.29 is 8.97 Å². The van der Waals surface area contributed by atoms with Crippen LogP contribution in [0.3, 0.4) is 0 Å². The van der Waals surface area contributed by atoms with E-state index in [2.05, 4.69) is 110 Å². The minimum atomic E-state index is 1.03. The highest BCUT2D eigenvalue weighted by atomic mass is 15.5. The van der Waals surface area contributed by atoms with Gasteiger partial charge in [-0.05, 0) is 35.4 Å². The molecular formula is C28H36N2+2. The second kappa shape index (κ2) is 10.9. The predicted molar refractivity (Wildman–Crippen MR) is 131 cm³/mol. The largest absolute Gasteiger partial charge is 0.308 e. The van der Waals surface area contributed by atoms with Gasteiger partial charge in [0, 0.05) is 0 Å². The standard InChI is InChI=1S/C28H36N2/c1-3-19-29(21-11-17-27-13-7-5-8-14-27)23-25-30(20-4-2,26-24-29)22-12-18-28-15-9-6-10-16-28/h3-18H,1-2,19-26H2/q+2. The van der Waals surface area contributed by atoms with Crippen molar-refractivity contribution in [1.82, 2.24) is 0 Å². The Morgan fingerprint density at radius 3 is 1.27 bits per heavy atom. The number of hydrogen-bond donors (Lipinski definition) is 0. The maximum Gasteiger partial charge on any atom is 0.129 e. The van der Waals surface area contributed by atoms with Crippen LogP contribution in [-0.2, 0) is 0 Å². The first-order valence-electron chi connectivity index (χ1n) is 11.0. The molecule has 2 aromatic rings. The number of rotatable bonds is 10. The molecule has 0 aromatic heterocycles. The van der Waals surface area contributed by atoms with E-state index in [9.17, 15) is 0 Å². The minimum absolute atomic E-state index is 1.03. The molecule has 1 fully saturated rings. The summed E-state index contributed by atoms with van der Waals surface area (Å²) in [6, 6.07) is 21.2. The van der Waals surface area contributed by atoms with E-state index < -0.39 is 0 Å². The van der Waals surface area contributed by atoms with Gasteiger partial charge in [-0.25, -0.2) is 0 Å². The van der Waals surface area contributed by atoms with Crippen molar-refractivity contribution in [3.63, 3.8) is 0 Å². The molecule has 0 bridgehead atoms. The van der Waals surface area contributed by atoms with Gasteiger partial charge < -0.3 is 8.97 Å². The van der Waals surface area contributed by atoms with Crippen LogP contribution < -0.4 is 0 Å². The molecule has 0 amide bonds. The number of quaternary nitrogens is 2. The van der Waals surface area contributed by atoms with Crippen LogP contribution in [0.15, 0.2) is 98.1 Å². The van der Waals surface area contributed by atoms with E-state index in [4.69, 9.17) is 0 Å². The van der Waals surface area contributed by atoms with E-state index in [0.29, 0.717) is 0 Å². The average Bonchev–Trinajstić information content (AvgIpc) is 2.78. The highest BCUT2D eigenvalue weighted by Gasteiger charge is 2.39. The zero-order valence-electron chi connectivity index (χ0n) is 18.2. The van der Waals surface area contributed by atoms with Crippen molar-refractivity contribution >= 4 is 12.2 Å². The molecule has 156 valence electrons. The van der Waals surface area contributed by atoms with E-state index in [-0.39, 0.29) is 0 Å². The molecule has 0 unspecified atom stereocenters. The zero-order valence-corrected chi connectivity index (χ0v) is 18.2. The summed E-state index contributed by atoms with van der Waals surface area (Å²) in [7, 11) is 0. The minimum Gasteiger partial charge on any atom is -0.308 e. The molecule has 30 heavy (non-hydrogen) atoms. The normalized spacial score (nSPS) is 24.3. The summed E-state index contributed by atoms with van der Waals surface area (Å²) >= 11 is 0. The summed E-state index contributed by atoms with van der Waals surface area (Å²) in [5.41, 5.74) is 2.54. The second-order valence-electron chi connectivity index (χ2n) is 8.51. The first-order chi connectivity index (χ1) is 14.7. The van der Waals surface area contributed by atoms with Crippen LogP contribution in [0.4, 0.5) is 0 Å². The predicted octanol–water partition coefficient (Wildman–Crippen LogP) is 5.43. The zero-order chi connectivity index (χ0) is 21.1. The Bertz CT molecular complexity index is 767. The fraction of sp³-hybridized carbons (Fsp3) is 0.286. The first kappa shape index (κ1) is 22.0. The van der Waals surface area contributed by atoms with Crippen molar-refractivity contribution in [2.24, 2.45) is 0 Å². The van der Waals surface area contributed by atoms with E-state index in [1.54, 1.807) is 0 Å². The fourth-order valence-electron chi connectivity index (χ4n) is 4.45. The first-order valence-corrected chi connectivity index (χ1v) is 11.0. The third kappa shape index (κ3) is 6.16. The van der Waals surface area contributed by atoms with Gasteiger partial charge in [0.05, 0.1) is 26.2 Å². The lowest BCUT2D eigenvalue weighted by molar-refractivity contribution is -1.02. The molecule has 0 atom stereocenters. The lowest BCUT2D eigenvalue weighted by Gasteiger charge is -2.48. The van der Waals surface area contributed by atoms with Crippen LogP contribution in [0.2, 0.25) is 0 Å². The number of hydrogen-bond acceptors (Lipinski definition) is 0. The molecule has 1 saturated heterocycles. The van der Waals surface area contributed by atoms with Gasteiger partial charge in [-0.1, -0.05) is 86.0 Å². The summed E-state index contributed by atoms with van der Waals surface area (Å²) in [6.07, 6.45) is 13.4. The van der Waals surface area contributed by atoms with Crippen molar-refractivity contribution in [3.05, 3.63) is 109 Å². The van der Waals surface area contributed by atoms with Crippen LogP contribution in [0.25, 0.3) is 12.2 Å². The van der Waals surface area contributed by atoms with Crippen molar-refractivity contribution in [2.75, 3.05) is 52.4 Å². The summed E-state index contributed by atoms with van der Waals surface area (Å²) in [6.45, 7) is 17.0. The third-order valence-electron chi connectivity index (χ3n) is 6.34. The molecule has 0 aliphatic carbocycles. The molecule has 2 nitrogen and oxygen atoms in total. The molecule has 0 saturated carbocycles. The summed E-state index contributed by atoms with van der Waals surface area (Å²) in [4.78, 5) is 0. The van der Waals surface area contributed by atoms with Gasteiger partial charge in [-0.2, -0.15) is 0 Å². The molecule has 0 spiro atoms. The Morgan fingerprint density at radius 1 is 0.567 bits per heavy atom. The number of benzene rings is 2. The van der Waals surface area contributed by atoms with Crippen LogP contribution in [0.5, 0.6) is 0 Å². The quantitative estimate of drug-likeness (QED) is 0.368. The summed E-state index contributed by atoms with van der Waals surface area (Å²) in [5, 5.41) is 0. The molecule has 1 heterocycles. The molecule has 1 aliphatic rings. The van der Waals surface area contributed by atoms with Crippen LogP contribution >= 0.6 is 0 Å². The monoisotopic (exact) mass is 400 g/mol. The van der Waals surface area contributed by atoms with Crippen molar-refractivity contribution in [2.45, 2.75) is 0 Å². The Morgan fingerprint density at radius 2 is 0.933 bits per heavy atom. The van der Waals surface area contributed by atoms with Crippen molar-refractivity contribution in [1.29, 1.82) is 0 Å². The van der Waals surface area contributed by atoms with Gasteiger partial charge in [0.15, 0.2) is 0 Å². The molecule has 3 rings (SSSR count). The van der Waals surface area contributed by atoms with Crippen LogP contribution in [0.1, 0.15) is 11.1 Å². The van der Waals surface area contributed by atoms with Gasteiger partial charge in [0.25, 0.3) is 0 Å². The fourth-order valence-corrected chi connectivity index (χ4v) is 4.45. The van der Waals surface area contributed by atoms with E-state index >= 15 is 0 Å². The molecular weight excluding hydrogens is 364 g/mol. The van der Waals surface area contributed by atoms with Crippen molar-refractivity contribution in [3.8, 4) is 0 Å². The summed E-state index contributed by atoms with van der Waals surface area (Å²) in [5.74, 6) is 0. The van der Waals surface area contributed by atoms with E-state index in [1.165, 1.54) is 37.3 Å². The van der Waals surface area contributed by atoms with E-state index in [1.807, 2.05) is 0 Å². The highest BCUT2D eigenvalue weighted by molar-refractivity contribution is 5.49. The Balaban J connectivity index is 1.64. The Kier molecular flexibility index (Phi) is 8.01. The topological polar surface area (TPSA) is 0 Å². The SMILES string of the molecule is C=CC[N+]1(CC=Cc2ccccc2)CC[N+](CC=C)(CC=Cc2ccccc2)CC1. The Labute approximate surface area is 183 Å². The maximum atomic E-state index is 4.05. The van der Waals surface area contributed by atoms with Gasteiger partial charge in [0.1, 0.15) is 26.2 Å². The van der Waals surface area contributed by atoms with Gasteiger partial charge in [-0.15, -0.1) is 0 Å². The molecule has 2 aromatic carbocycles.